The zero-order valence-electron chi connectivity index (χ0n) is 9.07. The van der Waals surface area contributed by atoms with Gasteiger partial charge in [-0.2, -0.15) is 0 Å². The molecule has 92 valence electrons. The van der Waals surface area contributed by atoms with E-state index in [1.165, 1.54) is 14.0 Å². The molecule has 0 unspecified atom stereocenters. The number of hydrogen-bond acceptors (Lipinski definition) is 4. The molecule has 0 aromatic heterocycles. The van der Waals surface area contributed by atoms with Crippen molar-refractivity contribution in [3.05, 3.63) is 33.4 Å². The molecule has 5 nitrogen and oxygen atoms in total. The van der Waals surface area contributed by atoms with Gasteiger partial charge >= 0.3 is 0 Å². The fraction of sp³-hybridized carbons (Fsp3) is 0.300. The molecule has 0 spiro atoms. The van der Waals surface area contributed by atoms with Gasteiger partial charge in [-0.05, 0) is 13.0 Å². The minimum atomic E-state index is -3.03. The maximum atomic E-state index is 12.6. The van der Waals surface area contributed by atoms with Crippen molar-refractivity contribution in [2.24, 2.45) is 0 Å². The average Bonchev–Trinajstić information content (AvgIpc) is 2.26. The maximum absolute atomic E-state index is 12.6. The molecule has 0 aliphatic carbocycles. The second-order valence-corrected chi connectivity index (χ2v) is 3.23. The Morgan fingerprint density at radius 2 is 2.06 bits per heavy atom. The van der Waals surface area contributed by atoms with Crippen molar-refractivity contribution in [2.45, 2.75) is 13.3 Å². The van der Waals surface area contributed by atoms with Gasteiger partial charge in [0, 0.05) is 0 Å². The molecule has 17 heavy (non-hydrogen) atoms. The van der Waals surface area contributed by atoms with Crippen LogP contribution in [0.1, 0.15) is 29.3 Å². The molecule has 0 amide bonds. The number of carbonyl (C=O) groups is 1. The number of carbonyl (C=O) groups excluding carboxylic acids is 1. The van der Waals surface area contributed by atoms with E-state index >= 15 is 0 Å². The van der Waals surface area contributed by atoms with Crippen LogP contribution in [0.5, 0.6) is 5.75 Å². The Morgan fingerprint density at radius 1 is 1.47 bits per heavy atom. The molecule has 0 saturated heterocycles. The van der Waals surface area contributed by atoms with Crippen molar-refractivity contribution in [1.82, 2.24) is 0 Å². The van der Waals surface area contributed by atoms with Gasteiger partial charge in [0.1, 0.15) is 5.75 Å². The Hall–Kier alpha value is -2.05. The maximum Gasteiger partial charge on any atom is 0.282 e. The first-order valence-electron chi connectivity index (χ1n) is 4.54. The lowest BCUT2D eigenvalue weighted by molar-refractivity contribution is -0.386. The van der Waals surface area contributed by atoms with Gasteiger partial charge in [0.25, 0.3) is 12.1 Å². The molecule has 0 fully saturated rings. The first-order valence-corrected chi connectivity index (χ1v) is 4.54. The number of alkyl halides is 2. The summed E-state index contributed by atoms with van der Waals surface area (Å²) >= 11 is 0. The summed E-state index contributed by atoms with van der Waals surface area (Å²) < 4.78 is 30.0. The molecule has 1 rings (SSSR count). The van der Waals surface area contributed by atoms with Gasteiger partial charge in [-0.3, -0.25) is 14.9 Å². The van der Waals surface area contributed by atoms with Crippen LogP contribution in [0, 0.1) is 10.1 Å². The fourth-order valence-corrected chi connectivity index (χ4v) is 1.36. The summed E-state index contributed by atoms with van der Waals surface area (Å²) in [6.45, 7) is 1.17. The first-order chi connectivity index (χ1) is 7.88. The lowest BCUT2D eigenvalue weighted by Crippen LogP contribution is -2.03. The highest BCUT2D eigenvalue weighted by atomic mass is 19.3. The molecule has 0 aliphatic heterocycles. The summed E-state index contributed by atoms with van der Waals surface area (Å²) in [6.07, 6.45) is -3.03. The minimum Gasteiger partial charge on any atom is -0.496 e. The number of ketones is 1. The molecule has 0 bridgehead atoms. The van der Waals surface area contributed by atoms with Gasteiger partial charge in [-0.15, -0.1) is 0 Å². The van der Waals surface area contributed by atoms with Crippen molar-refractivity contribution >= 4 is 11.5 Å². The van der Waals surface area contributed by atoms with Crippen molar-refractivity contribution in [1.29, 1.82) is 0 Å². The number of halogens is 2. The van der Waals surface area contributed by atoms with Crippen molar-refractivity contribution in [3.63, 3.8) is 0 Å². The standard InChI is InChI=1S/C10H9F2NO4/c1-5(14)6-3-7(10(11)12)8(13(15)16)4-9(6)17-2/h3-4,10H,1-2H3. The van der Waals surface area contributed by atoms with Gasteiger partial charge in [-0.25, -0.2) is 8.78 Å². The molecule has 1 aromatic rings. The van der Waals surface area contributed by atoms with Crippen LogP contribution >= 0.6 is 0 Å². The van der Waals surface area contributed by atoms with Gasteiger partial charge < -0.3 is 4.74 Å². The molecule has 0 saturated carbocycles. The third kappa shape index (κ3) is 2.55. The second-order valence-electron chi connectivity index (χ2n) is 3.23. The van der Waals surface area contributed by atoms with Crippen LogP contribution in [0.3, 0.4) is 0 Å². The monoisotopic (exact) mass is 245 g/mol. The number of methoxy groups -OCH3 is 1. The van der Waals surface area contributed by atoms with Crippen LogP contribution < -0.4 is 4.74 Å². The predicted octanol–water partition coefficient (Wildman–Crippen LogP) is 2.74. The molecule has 0 N–H and O–H groups in total. The zero-order chi connectivity index (χ0) is 13.2. The molecule has 7 heteroatoms. The van der Waals surface area contributed by atoms with Crippen LogP contribution in [0.25, 0.3) is 0 Å². The average molecular weight is 245 g/mol. The highest BCUT2D eigenvalue weighted by molar-refractivity contribution is 5.97. The summed E-state index contributed by atoms with van der Waals surface area (Å²) in [4.78, 5) is 20.9. The number of nitro groups is 1. The molecular formula is C10H9F2NO4. The molecule has 0 aliphatic rings. The van der Waals surface area contributed by atoms with E-state index in [0.29, 0.717) is 0 Å². The van der Waals surface area contributed by atoms with Crippen molar-refractivity contribution in [2.75, 3.05) is 7.11 Å². The Morgan fingerprint density at radius 3 is 2.41 bits per heavy atom. The number of Topliss-reactive ketones (excluding diaryl/α,β-unsaturated/α-hetero) is 1. The Kier molecular flexibility index (Phi) is 3.72. The van der Waals surface area contributed by atoms with Crippen molar-refractivity contribution in [3.8, 4) is 5.75 Å². The van der Waals surface area contributed by atoms with E-state index in [1.54, 1.807) is 0 Å². The van der Waals surface area contributed by atoms with E-state index in [2.05, 4.69) is 0 Å². The largest absolute Gasteiger partial charge is 0.496 e. The van der Waals surface area contributed by atoms with Crippen molar-refractivity contribution < 1.29 is 23.2 Å². The number of ether oxygens (including phenoxy) is 1. The molecular weight excluding hydrogens is 236 g/mol. The zero-order valence-corrected chi connectivity index (χ0v) is 9.07. The minimum absolute atomic E-state index is 0.0893. The lowest BCUT2D eigenvalue weighted by atomic mass is 10.0. The van der Waals surface area contributed by atoms with Crippen LogP contribution in [0.4, 0.5) is 14.5 Å². The number of nitro benzene ring substituents is 1. The lowest BCUT2D eigenvalue weighted by Gasteiger charge is -2.09. The first kappa shape index (κ1) is 13.0. The fourth-order valence-electron chi connectivity index (χ4n) is 1.36. The van der Waals surface area contributed by atoms with Crippen LogP contribution in [-0.2, 0) is 0 Å². The third-order valence-corrected chi connectivity index (χ3v) is 2.16. The van der Waals surface area contributed by atoms with Gasteiger partial charge in [0.15, 0.2) is 5.78 Å². The van der Waals surface area contributed by atoms with E-state index in [1.807, 2.05) is 0 Å². The number of hydrogen-bond donors (Lipinski definition) is 0. The van der Waals surface area contributed by atoms with E-state index in [-0.39, 0.29) is 11.3 Å². The normalized spacial score (nSPS) is 10.4. The molecule has 0 atom stereocenters. The van der Waals surface area contributed by atoms with Gasteiger partial charge in [0.2, 0.25) is 0 Å². The molecule has 0 radical (unpaired) electrons. The summed E-state index contributed by atoms with van der Waals surface area (Å²) in [5.74, 6) is -0.591. The van der Waals surface area contributed by atoms with E-state index < -0.39 is 28.4 Å². The Balaban J connectivity index is 3.53. The Bertz CT molecular complexity index is 474. The number of nitrogens with zero attached hydrogens (tertiary/aromatic N) is 1. The summed E-state index contributed by atoms with van der Waals surface area (Å²) in [5.41, 5.74) is -1.66. The summed E-state index contributed by atoms with van der Waals surface area (Å²) in [6, 6.07) is 1.63. The molecule has 0 heterocycles. The van der Waals surface area contributed by atoms with Crippen LogP contribution in [0.15, 0.2) is 12.1 Å². The van der Waals surface area contributed by atoms with Crippen LogP contribution in [-0.4, -0.2) is 17.8 Å². The van der Waals surface area contributed by atoms with Gasteiger partial charge in [0.05, 0.1) is 29.2 Å². The quantitative estimate of drug-likeness (QED) is 0.464. The molecule has 1 aromatic carbocycles. The SMILES string of the molecule is COc1cc([N+](=O)[O-])c(C(F)F)cc1C(C)=O. The highest BCUT2D eigenvalue weighted by Crippen LogP contribution is 2.34. The highest BCUT2D eigenvalue weighted by Gasteiger charge is 2.25. The number of rotatable bonds is 4. The van der Waals surface area contributed by atoms with E-state index in [9.17, 15) is 23.7 Å². The predicted molar refractivity (Wildman–Crippen MR) is 54.6 cm³/mol. The van der Waals surface area contributed by atoms with E-state index in [0.717, 1.165) is 12.1 Å². The third-order valence-electron chi connectivity index (χ3n) is 2.16. The summed E-state index contributed by atoms with van der Waals surface area (Å²) in [7, 11) is 1.20. The van der Waals surface area contributed by atoms with Crippen LogP contribution in [0.2, 0.25) is 0 Å². The second kappa shape index (κ2) is 4.86. The smallest absolute Gasteiger partial charge is 0.282 e. The van der Waals surface area contributed by atoms with Gasteiger partial charge in [-0.1, -0.05) is 0 Å². The Labute approximate surface area is 95.2 Å². The van der Waals surface area contributed by atoms with E-state index in [4.69, 9.17) is 4.74 Å². The number of benzene rings is 1. The topological polar surface area (TPSA) is 69.4 Å². The summed E-state index contributed by atoms with van der Waals surface area (Å²) in [5, 5.41) is 10.6.